The van der Waals surface area contributed by atoms with Gasteiger partial charge in [0, 0.05) is 36.2 Å². The average molecular weight is 439 g/mol. The lowest BCUT2D eigenvalue weighted by Crippen LogP contribution is -2.23. The van der Waals surface area contributed by atoms with Crippen LogP contribution in [0.2, 0.25) is 0 Å². The van der Waals surface area contributed by atoms with Gasteiger partial charge in [-0.15, -0.1) is 0 Å². The first-order chi connectivity index (χ1) is 15.8. The fourth-order valence-corrected chi connectivity index (χ4v) is 4.88. The van der Waals surface area contributed by atoms with Crippen LogP contribution in [0, 0.1) is 0 Å². The van der Waals surface area contributed by atoms with Crippen LogP contribution in [-0.2, 0) is 13.0 Å². The summed E-state index contributed by atoms with van der Waals surface area (Å²) >= 11 is 1.82. The van der Waals surface area contributed by atoms with Crippen molar-refractivity contribution in [2.45, 2.75) is 19.9 Å². The van der Waals surface area contributed by atoms with Crippen molar-refractivity contribution in [1.82, 2.24) is 14.7 Å². The molecule has 0 N–H and O–H groups in total. The molecule has 160 valence electrons. The zero-order valence-electron chi connectivity index (χ0n) is 18.2. The molecule has 1 aromatic heterocycles. The van der Waals surface area contributed by atoms with Crippen LogP contribution in [0.5, 0.6) is 0 Å². The van der Waals surface area contributed by atoms with Gasteiger partial charge in [0.05, 0.1) is 17.1 Å². The Morgan fingerprint density at radius 1 is 0.906 bits per heavy atom. The fourth-order valence-electron chi connectivity index (χ4n) is 3.88. The van der Waals surface area contributed by atoms with Crippen LogP contribution in [-0.4, -0.2) is 32.1 Å². The van der Waals surface area contributed by atoms with E-state index < -0.39 is 0 Å². The number of thioether (sulfide) groups is 1. The summed E-state index contributed by atoms with van der Waals surface area (Å²) in [7, 11) is 0. The van der Waals surface area contributed by atoms with Gasteiger partial charge in [0.15, 0.2) is 5.17 Å². The Hall–Kier alpha value is -3.31. The summed E-state index contributed by atoms with van der Waals surface area (Å²) in [5, 5.41) is 6.08. The van der Waals surface area contributed by atoms with Crippen LogP contribution in [0.1, 0.15) is 18.1 Å². The van der Waals surface area contributed by atoms with Crippen molar-refractivity contribution in [1.29, 1.82) is 0 Å². The molecule has 0 bridgehead atoms. The van der Waals surface area contributed by atoms with Gasteiger partial charge in [0.1, 0.15) is 0 Å². The Bertz CT molecular complexity index is 1200. The lowest BCUT2D eigenvalue weighted by Gasteiger charge is -2.18. The van der Waals surface area contributed by atoms with Gasteiger partial charge in [0.2, 0.25) is 0 Å². The zero-order chi connectivity index (χ0) is 21.8. The van der Waals surface area contributed by atoms with E-state index in [-0.39, 0.29) is 0 Å². The zero-order valence-corrected chi connectivity index (χ0v) is 19.0. The summed E-state index contributed by atoms with van der Waals surface area (Å²) in [6.45, 7) is 3.96. The molecule has 0 spiro atoms. The SMILES string of the molecule is CCc1ccc(-c2nn(-c3ccccc3)cc2CN2CCSC2=Nc2ccccc2)cc1. The van der Waals surface area contributed by atoms with E-state index in [1.165, 1.54) is 11.1 Å². The van der Waals surface area contributed by atoms with Crippen molar-refractivity contribution in [3.63, 3.8) is 0 Å². The second-order valence-corrected chi connectivity index (χ2v) is 8.90. The lowest BCUT2D eigenvalue weighted by molar-refractivity contribution is 0.457. The number of nitrogens with zero attached hydrogens (tertiary/aromatic N) is 4. The normalized spacial score (nSPS) is 14.9. The van der Waals surface area contributed by atoms with E-state index in [0.717, 1.165) is 53.1 Å². The Labute approximate surface area is 193 Å². The minimum atomic E-state index is 0.788. The van der Waals surface area contributed by atoms with Crippen LogP contribution >= 0.6 is 11.8 Å². The number of rotatable bonds is 6. The van der Waals surface area contributed by atoms with E-state index in [1.54, 1.807) is 0 Å². The molecule has 3 aromatic carbocycles. The first-order valence-corrected chi connectivity index (χ1v) is 12.0. The molecule has 0 unspecified atom stereocenters. The second kappa shape index (κ2) is 9.45. The lowest BCUT2D eigenvalue weighted by atomic mass is 10.0. The second-order valence-electron chi connectivity index (χ2n) is 7.83. The van der Waals surface area contributed by atoms with Gasteiger partial charge in [-0.1, -0.05) is 79.3 Å². The van der Waals surface area contributed by atoms with E-state index in [2.05, 4.69) is 66.6 Å². The Kier molecular flexibility index (Phi) is 6.08. The maximum absolute atomic E-state index is 5.00. The maximum atomic E-state index is 5.00. The third-order valence-corrected chi connectivity index (χ3v) is 6.65. The van der Waals surface area contributed by atoms with Gasteiger partial charge in [-0.25, -0.2) is 9.67 Å². The number of aromatic nitrogens is 2. The van der Waals surface area contributed by atoms with Gasteiger partial charge in [-0.2, -0.15) is 5.10 Å². The molecular formula is C27H26N4S. The van der Waals surface area contributed by atoms with Crippen molar-refractivity contribution < 1.29 is 0 Å². The molecule has 1 aliphatic heterocycles. The molecule has 0 atom stereocenters. The summed E-state index contributed by atoms with van der Waals surface area (Å²) < 4.78 is 2.00. The summed E-state index contributed by atoms with van der Waals surface area (Å²) in [5.74, 6) is 1.05. The van der Waals surface area contributed by atoms with Crippen molar-refractivity contribution in [3.05, 3.63) is 102 Å². The van der Waals surface area contributed by atoms with Crippen molar-refractivity contribution >= 4 is 22.6 Å². The van der Waals surface area contributed by atoms with Gasteiger partial charge >= 0.3 is 0 Å². The van der Waals surface area contributed by atoms with Crippen molar-refractivity contribution in [2.75, 3.05) is 12.3 Å². The highest BCUT2D eigenvalue weighted by atomic mass is 32.2. The summed E-state index contributed by atoms with van der Waals surface area (Å²) in [5.41, 5.74) is 6.80. The largest absolute Gasteiger partial charge is 0.346 e. The van der Waals surface area contributed by atoms with Gasteiger partial charge < -0.3 is 4.90 Å². The molecule has 0 saturated carbocycles. The van der Waals surface area contributed by atoms with E-state index in [4.69, 9.17) is 10.1 Å². The first kappa shape index (κ1) is 20.6. The minimum Gasteiger partial charge on any atom is -0.346 e. The van der Waals surface area contributed by atoms with Crippen molar-refractivity contribution in [2.24, 2.45) is 4.99 Å². The first-order valence-electron chi connectivity index (χ1n) is 11.0. The molecule has 1 saturated heterocycles. The van der Waals surface area contributed by atoms with Gasteiger partial charge in [-0.3, -0.25) is 0 Å². The molecule has 5 heteroatoms. The van der Waals surface area contributed by atoms with Crippen LogP contribution in [0.15, 0.2) is 96.1 Å². The number of aryl methyl sites for hydroxylation is 1. The molecule has 32 heavy (non-hydrogen) atoms. The highest BCUT2D eigenvalue weighted by Crippen LogP contribution is 2.29. The van der Waals surface area contributed by atoms with Crippen LogP contribution < -0.4 is 0 Å². The van der Waals surface area contributed by atoms with E-state index >= 15 is 0 Å². The topological polar surface area (TPSA) is 33.4 Å². The Balaban J connectivity index is 1.50. The fraction of sp³-hybridized carbons (Fsp3) is 0.185. The molecular weight excluding hydrogens is 412 g/mol. The standard InChI is InChI=1S/C27H26N4S/c1-2-21-13-15-22(16-14-21)26-23(20-31(29-26)25-11-7-4-8-12-25)19-30-17-18-32-27(30)28-24-9-5-3-6-10-24/h3-16,20H,2,17-19H2,1H3. The highest BCUT2D eigenvalue weighted by molar-refractivity contribution is 8.14. The third kappa shape index (κ3) is 4.48. The van der Waals surface area contributed by atoms with Crippen LogP contribution in [0.25, 0.3) is 16.9 Å². The number of para-hydroxylation sites is 2. The maximum Gasteiger partial charge on any atom is 0.164 e. The minimum absolute atomic E-state index is 0.788. The van der Waals surface area contributed by atoms with Crippen molar-refractivity contribution in [3.8, 4) is 16.9 Å². The van der Waals surface area contributed by atoms with Crippen LogP contribution in [0.4, 0.5) is 5.69 Å². The van der Waals surface area contributed by atoms with Gasteiger partial charge in [0.25, 0.3) is 0 Å². The summed E-state index contributed by atoms with van der Waals surface area (Å²) in [4.78, 5) is 7.27. The smallest absolute Gasteiger partial charge is 0.164 e. The summed E-state index contributed by atoms with van der Waals surface area (Å²) in [6, 6.07) is 29.3. The average Bonchev–Trinajstić information content (AvgIpc) is 3.48. The molecule has 1 fully saturated rings. The third-order valence-electron chi connectivity index (χ3n) is 5.65. The molecule has 5 rings (SSSR count). The summed E-state index contributed by atoms with van der Waals surface area (Å²) in [6.07, 6.45) is 3.21. The number of hydrogen-bond donors (Lipinski definition) is 0. The Morgan fingerprint density at radius 3 is 2.34 bits per heavy atom. The van der Waals surface area contributed by atoms with E-state index in [1.807, 2.05) is 52.8 Å². The predicted octanol–water partition coefficient (Wildman–Crippen LogP) is 6.34. The van der Waals surface area contributed by atoms with Gasteiger partial charge in [-0.05, 0) is 36.2 Å². The molecule has 4 aromatic rings. The molecule has 0 amide bonds. The number of hydrogen-bond acceptors (Lipinski definition) is 3. The van der Waals surface area contributed by atoms with Crippen LogP contribution in [0.3, 0.4) is 0 Å². The quantitative estimate of drug-likeness (QED) is 0.352. The molecule has 1 aliphatic rings. The van der Waals surface area contributed by atoms with E-state index in [9.17, 15) is 0 Å². The molecule has 0 aliphatic carbocycles. The predicted molar refractivity (Wildman–Crippen MR) is 135 cm³/mol. The monoisotopic (exact) mass is 438 g/mol. The highest BCUT2D eigenvalue weighted by Gasteiger charge is 2.23. The number of benzene rings is 3. The number of aliphatic imine (C=N–C) groups is 1. The number of amidine groups is 1. The Morgan fingerprint density at radius 2 is 1.62 bits per heavy atom. The molecule has 4 nitrogen and oxygen atoms in total. The molecule has 0 radical (unpaired) electrons. The van der Waals surface area contributed by atoms with E-state index in [0.29, 0.717) is 0 Å². The molecule has 2 heterocycles.